The van der Waals surface area contributed by atoms with Crippen molar-refractivity contribution in [2.24, 2.45) is 0 Å². The number of thiophene rings is 1. The monoisotopic (exact) mass is 394 g/mol. The van der Waals surface area contributed by atoms with Gasteiger partial charge >= 0.3 is 0 Å². The van der Waals surface area contributed by atoms with Gasteiger partial charge in [-0.1, -0.05) is 29.8 Å². The highest BCUT2D eigenvalue weighted by Crippen LogP contribution is 2.28. The number of hydrogen-bond acceptors (Lipinski definition) is 3. The zero-order chi connectivity index (χ0) is 17.8. The lowest BCUT2D eigenvalue weighted by molar-refractivity contribution is 0.0946. The molecule has 0 aliphatic carbocycles. The summed E-state index contributed by atoms with van der Waals surface area (Å²) < 4.78 is 25.6. The second-order valence-electron chi connectivity index (χ2n) is 4.96. The van der Waals surface area contributed by atoms with Gasteiger partial charge in [-0.05, 0) is 47.3 Å². The number of hydrogen-bond donors (Lipinski definition) is 2. The molecule has 0 bridgehead atoms. The lowest BCUT2D eigenvalue weighted by Gasteiger charge is -2.09. The molecule has 0 saturated carbocycles. The highest BCUT2D eigenvalue weighted by Gasteiger charge is 2.13. The fourth-order valence-electron chi connectivity index (χ4n) is 2.12. The number of benzene rings is 2. The molecule has 0 saturated heterocycles. The van der Waals surface area contributed by atoms with Crippen LogP contribution in [0, 0.1) is 5.82 Å². The van der Waals surface area contributed by atoms with E-state index < -0.39 is 22.7 Å². The van der Waals surface area contributed by atoms with E-state index in [9.17, 15) is 13.4 Å². The Morgan fingerprint density at radius 3 is 2.64 bits per heavy atom. The van der Waals surface area contributed by atoms with Crippen LogP contribution in [0.2, 0.25) is 5.02 Å². The summed E-state index contributed by atoms with van der Waals surface area (Å²) in [6, 6.07) is 14.4. The van der Waals surface area contributed by atoms with Crippen LogP contribution in [0.3, 0.4) is 0 Å². The zero-order valence-corrected chi connectivity index (χ0v) is 15.1. The number of nitrogens with one attached hydrogen (secondary N) is 2. The summed E-state index contributed by atoms with van der Waals surface area (Å²) in [6.07, 6.45) is 0. The van der Waals surface area contributed by atoms with E-state index in [1.807, 2.05) is 17.5 Å². The van der Waals surface area contributed by atoms with E-state index in [0.717, 1.165) is 10.4 Å². The SMILES string of the molecule is O=C(NNS(=O)c1ccccc1F)c1cc(Cl)cc(-c2cccs2)c1. The van der Waals surface area contributed by atoms with Gasteiger partial charge in [0.2, 0.25) is 0 Å². The zero-order valence-electron chi connectivity index (χ0n) is 12.7. The van der Waals surface area contributed by atoms with Crippen LogP contribution in [0.25, 0.3) is 10.4 Å². The Bertz CT molecular complexity index is 932. The molecule has 3 aromatic rings. The molecule has 1 heterocycles. The molecule has 0 radical (unpaired) electrons. The second-order valence-corrected chi connectivity index (χ2v) is 7.53. The van der Waals surface area contributed by atoms with Gasteiger partial charge in [-0.15, -0.1) is 16.2 Å². The number of amides is 1. The Morgan fingerprint density at radius 2 is 1.92 bits per heavy atom. The molecule has 2 N–H and O–H groups in total. The molecule has 8 heteroatoms. The maximum atomic E-state index is 13.6. The maximum Gasteiger partial charge on any atom is 0.266 e. The van der Waals surface area contributed by atoms with E-state index in [0.29, 0.717) is 10.6 Å². The highest BCUT2D eigenvalue weighted by molar-refractivity contribution is 7.83. The van der Waals surface area contributed by atoms with Crippen LogP contribution in [0.15, 0.2) is 64.9 Å². The van der Waals surface area contributed by atoms with Crippen LogP contribution >= 0.6 is 22.9 Å². The molecule has 0 aliphatic rings. The van der Waals surface area contributed by atoms with Crippen LogP contribution < -0.4 is 10.3 Å². The third-order valence-corrected chi connectivity index (χ3v) is 5.41. The van der Waals surface area contributed by atoms with Crippen LogP contribution in [0.5, 0.6) is 0 Å². The topological polar surface area (TPSA) is 58.2 Å². The molecule has 1 aromatic heterocycles. The van der Waals surface area contributed by atoms with Gasteiger partial charge in [0, 0.05) is 15.5 Å². The summed E-state index contributed by atoms with van der Waals surface area (Å²) in [7, 11) is -1.92. The molecule has 1 atom stereocenters. The minimum absolute atomic E-state index is 0.0480. The fraction of sp³-hybridized carbons (Fsp3) is 0. The van der Waals surface area contributed by atoms with Gasteiger partial charge in [0.1, 0.15) is 16.8 Å². The predicted octanol–water partition coefficient (Wildman–Crippen LogP) is 4.16. The van der Waals surface area contributed by atoms with Crippen LogP contribution in [0.4, 0.5) is 4.39 Å². The van der Waals surface area contributed by atoms with Crippen molar-refractivity contribution in [3.8, 4) is 10.4 Å². The molecule has 1 unspecified atom stereocenters. The number of rotatable bonds is 5. The maximum absolute atomic E-state index is 13.6. The first-order valence-electron chi connectivity index (χ1n) is 7.11. The van der Waals surface area contributed by atoms with Gasteiger partial charge < -0.3 is 0 Å². The van der Waals surface area contributed by atoms with Gasteiger partial charge in [0.15, 0.2) is 0 Å². The van der Waals surface area contributed by atoms with Crippen molar-refractivity contribution in [1.82, 2.24) is 10.3 Å². The van der Waals surface area contributed by atoms with Crippen molar-refractivity contribution >= 4 is 39.8 Å². The van der Waals surface area contributed by atoms with Crippen molar-refractivity contribution < 1.29 is 13.4 Å². The molecule has 3 rings (SSSR count). The Balaban J connectivity index is 1.73. The summed E-state index contributed by atoms with van der Waals surface area (Å²) in [4.78, 5) is 15.5. The lowest BCUT2D eigenvalue weighted by Crippen LogP contribution is -2.38. The average Bonchev–Trinajstić information content (AvgIpc) is 3.14. The molecular weight excluding hydrogens is 383 g/mol. The Morgan fingerprint density at radius 1 is 1.12 bits per heavy atom. The quantitative estimate of drug-likeness (QED) is 0.638. The molecule has 0 aliphatic heterocycles. The van der Waals surface area contributed by atoms with Crippen LogP contribution in [0.1, 0.15) is 10.4 Å². The van der Waals surface area contributed by atoms with Crippen molar-refractivity contribution in [1.29, 1.82) is 0 Å². The number of hydrazine groups is 1. The van der Waals surface area contributed by atoms with Crippen molar-refractivity contribution in [3.63, 3.8) is 0 Å². The smallest absolute Gasteiger partial charge is 0.266 e. The highest BCUT2D eigenvalue weighted by atomic mass is 35.5. The largest absolute Gasteiger partial charge is 0.275 e. The summed E-state index contributed by atoms with van der Waals surface area (Å²) in [5.74, 6) is -1.14. The van der Waals surface area contributed by atoms with E-state index in [-0.39, 0.29) is 4.90 Å². The minimum atomic E-state index is -1.92. The summed E-state index contributed by atoms with van der Waals surface area (Å²) in [5.41, 5.74) is 3.42. The Kier molecular flexibility index (Phi) is 5.60. The molecule has 0 spiro atoms. The molecule has 4 nitrogen and oxygen atoms in total. The van der Waals surface area contributed by atoms with E-state index in [2.05, 4.69) is 10.3 Å². The summed E-state index contributed by atoms with van der Waals surface area (Å²) in [6.45, 7) is 0. The summed E-state index contributed by atoms with van der Waals surface area (Å²) in [5, 5.41) is 2.33. The molecule has 25 heavy (non-hydrogen) atoms. The van der Waals surface area contributed by atoms with Gasteiger partial charge in [-0.2, -0.15) is 0 Å². The van der Waals surface area contributed by atoms with Gasteiger partial charge in [-0.25, -0.2) is 8.60 Å². The first-order valence-corrected chi connectivity index (χ1v) is 9.52. The first kappa shape index (κ1) is 17.8. The molecule has 0 fully saturated rings. The normalized spacial score (nSPS) is 11.9. The standard InChI is InChI=1S/C17H12ClFN2O2S2/c18-13-9-11(15-5-3-7-24-15)8-12(10-13)17(22)20-21-25(23)16-6-2-1-4-14(16)19/h1-10,21H,(H,20,22). The number of halogens is 2. The predicted molar refractivity (Wildman–Crippen MR) is 98.2 cm³/mol. The van der Waals surface area contributed by atoms with Gasteiger partial charge in [0.05, 0.1) is 4.90 Å². The van der Waals surface area contributed by atoms with E-state index in [1.54, 1.807) is 18.2 Å². The van der Waals surface area contributed by atoms with E-state index in [4.69, 9.17) is 11.6 Å². The number of carbonyl (C=O) groups excluding carboxylic acids is 1. The number of carbonyl (C=O) groups is 1. The molecule has 2 aromatic carbocycles. The van der Waals surface area contributed by atoms with Crippen molar-refractivity contribution in [2.75, 3.05) is 0 Å². The molecular formula is C17H12ClFN2O2S2. The third kappa shape index (κ3) is 4.32. The van der Waals surface area contributed by atoms with Gasteiger partial charge in [-0.3, -0.25) is 10.2 Å². The first-order chi connectivity index (χ1) is 12.0. The summed E-state index contributed by atoms with van der Waals surface area (Å²) >= 11 is 7.61. The minimum Gasteiger partial charge on any atom is -0.275 e. The average molecular weight is 395 g/mol. The molecule has 1 amide bonds. The van der Waals surface area contributed by atoms with Crippen molar-refractivity contribution in [2.45, 2.75) is 4.90 Å². The van der Waals surface area contributed by atoms with Crippen LogP contribution in [-0.4, -0.2) is 10.1 Å². The lowest BCUT2D eigenvalue weighted by atomic mass is 10.1. The van der Waals surface area contributed by atoms with E-state index in [1.165, 1.54) is 35.6 Å². The van der Waals surface area contributed by atoms with Crippen LogP contribution in [-0.2, 0) is 11.0 Å². The Labute approximate surface area is 155 Å². The van der Waals surface area contributed by atoms with E-state index >= 15 is 0 Å². The Hall–Kier alpha value is -2.06. The van der Waals surface area contributed by atoms with Gasteiger partial charge in [0.25, 0.3) is 5.91 Å². The van der Waals surface area contributed by atoms with Crippen molar-refractivity contribution in [3.05, 3.63) is 76.4 Å². The fourth-order valence-corrected chi connectivity index (χ4v) is 3.81. The second kappa shape index (κ2) is 7.88. The molecule has 128 valence electrons. The third-order valence-electron chi connectivity index (χ3n) is 3.26.